The number of hydrogen-bond acceptors (Lipinski definition) is 4. The number of aryl methyl sites for hydroxylation is 1. The number of aliphatic carboxylic acids is 1. The Hall–Kier alpha value is -1.89. The van der Waals surface area contributed by atoms with E-state index < -0.39 is 33.5 Å². The van der Waals surface area contributed by atoms with E-state index in [1.54, 1.807) is 0 Å². The first-order valence-corrected chi connectivity index (χ1v) is 11.4. The lowest BCUT2D eigenvalue weighted by atomic mass is 9.79. The molecular formula is C20H29NO5S. The van der Waals surface area contributed by atoms with Crippen LogP contribution in [0.15, 0.2) is 24.3 Å². The van der Waals surface area contributed by atoms with Gasteiger partial charge in [-0.05, 0) is 49.1 Å². The minimum Gasteiger partial charge on any atom is -0.480 e. The van der Waals surface area contributed by atoms with Crippen molar-refractivity contribution in [2.45, 2.75) is 63.8 Å². The molecule has 1 aromatic carbocycles. The largest absolute Gasteiger partial charge is 0.480 e. The van der Waals surface area contributed by atoms with Gasteiger partial charge in [0, 0.05) is 0 Å². The molecule has 0 saturated carbocycles. The van der Waals surface area contributed by atoms with Crippen LogP contribution in [0.2, 0.25) is 0 Å². The molecule has 0 spiro atoms. The average Bonchev–Trinajstić information content (AvgIpc) is 2.61. The molecule has 1 amide bonds. The van der Waals surface area contributed by atoms with Gasteiger partial charge in [-0.3, -0.25) is 4.79 Å². The molecule has 1 aromatic rings. The van der Waals surface area contributed by atoms with Crippen LogP contribution in [0.5, 0.6) is 0 Å². The number of carbonyl (C=O) groups excluding carboxylic acids is 1. The highest BCUT2D eigenvalue weighted by Gasteiger charge is 2.29. The third kappa shape index (κ3) is 6.65. The number of carboxylic acid groups (broad SMARTS) is 1. The SMILES string of the molecule is CCCCCS(=O)(=O)CC(=O)NC(CC1CCCc2ccccc21)C(=O)O. The fraction of sp³-hybridized carbons (Fsp3) is 0.600. The summed E-state index contributed by atoms with van der Waals surface area (Å²) in [4.78, 5) is 23.8. The van der Waals surface area contributed by atoms with Crippen LogP contribution < -0.4 is 5.32 Å². The van der Waals surface area contributed by atoms with Crippen molar-refractivity contribution in [2.75, 3.05) is 11.5 Å². The van der Waals surface area contributed by atoms with Crippen molar-refractivity contribution in [3.63, 3.8) is 0 Å². The number of nitrogens with one attached hydrogen (secondary N) is 1. The van der Waals surface area contributed by atoms with Gasteiger partial charge in [0.2, 0.25) is 5.91 Å². The number of fused-ring (bicyclic) bond motifs is 1. The number of carbonyl (C=O) groups is 2. The molecule has 150 valence electrons. The summed E-state index contributed by atoms with van der Waals surface area (Å²) in [7, 11) is -3.51. The van der Waals surface area contributed by atoms with Gasteiger partial charge in [-0.2, -0.15) is 0 Å². The van der Waals surface area contributed by atoms with E-state index in [1.165, 1.54) is 5.56 Å². The summed E-state index contributed by atoms with van der Waals surface area (Å²) in [6.07, 6.45) is 5.30. The molecule has 6 nitrogen and oxygen atoms in total. The second kappa shape index (κ2) is 9.88. The van der Waals surface area contributed by atoms with Crippen LogP contribution in [-0.2, 0) is 25.8 Å². The maximum absolute atomic E-state index is 12.1. The lowest BCUT2D eigenvalue weighted by Crippen LogP contribution is -2.44. The highest BCUT2D eigenvalue weighted by atomic mass is 32.2. The molecule has 2 unspecified atom stereocenters. The summed E-state index contributed by atoms with van der Waals surface area (Å²) >= 11 is 0. The molecule has 0 radical (unpaired) electrons. The monoisotopic (exact) mass is 395 g/mol. The van der Waals surface area contributed by atoms with Crippen molar-refractivity contribution >= 4 is 21.7 Å². The van der Waals surface area contributed by atoms with E-state index >= 15 is 0 Å². The Kier molecular flexibility index (Phi) is 7.83. The number of carboxylic acids is 1. The third-order valence-corrected chi connectivity index (χ3v) is 6.67. The average molecular weight is 396 g/mol. The van der Waals surface area contributed by atoms with Crippen LogP contribution >= 0.6 is 0 Å². The summed E-state index contributed by atoms with van der Waals surface area (Å²) in [5, 5.41) is 11.9. The summed E-state index contributed by atoms with van der Waals surface area (Å²) in [5.41, 5.74) is 2.36. The van der Waals surface area contributed by atoms with Crippen molar-refractivity contribution in [3.8, 4) is 0 Å². The van der Waals surface area contributed by atoms with E-state index in [1.807, 2.05) is 25.1 Å². The molecular weight excluding hydrogens is 366 g/mol. The predicted molar refractivity (Wildman–Crippen MR) is 104 cm³/mol. The molecule has 1 aliphatic carbocycles. The molecule has 0 heterocycles. The van der Waals surface area contributed by atoms with E-state index in [0.29, 0.717) is 6.42 Å². The standard InChI is InChI=1S/C20H29NO5S/c1-2-3-6-12-27(25,26)14-19(22)21-18(20(23)24)13-16-10-7-9-15-8-4-5-11-17(15)16/h4-5,8,11,16,18H,2-3,6-7,9-10,12-14H2,1H3,(H,21,22)(H,23,24). The van der Waals surface area contributed by atoms with Gasteiger partial charge in [-0.15, -0.1) is 0 Å². The Bertz CT molecular complexity index is 759. The van der Waals surface area contributed by atoms with Gasteiger partial charge in [0.05, 0.1) is 5.75 Å². The van der Waals surface area contributed by atoms with Crippen LogP contribution in [0.25, 0.3) is 0 Å². The summed E-state index contributed by atoms with van der Waals surface area (Å²) in [5.74, 6) is -2.50. The van der Waals surface area contributed by atoms with Crippen molar-refractivity contribution in [1.82, 2.24) is 5.32 Å². The summed E-state index contributed by atoms with van der Waals surface area (Å²) in [6.45, 7) is 1.97. The van der Waals surface area contributed by atoms with E-state index in [9.17, 15) is 23.1 Å². The van der Waals surface area contributed by atoms with Crippen molar-refractivity contribution in [1.29, 1.82) is 0 Å². The number of hydrogen-bond donors (Lipinski definition) is 2. The van der Waals surface area contributed by atoms with Crippen LogP contribution in [0.1, 0.15) is 62.5 Å². The van der Waals surface area contributed by atoms with Gasteiger partial charge in [0.15, 0.2) is 9.84 Å². The van der Waals surface area contributed by atoms with Gasteiger partial charge in [-0.1, -0.05) is 44.0 Å². The first kappa shape index (κ1) is 21.4. The Morgan fingerprint density at radius 2 is 2.00 bits per heavy atom. The van der Waals surface area contributed by atoms with E-state index in [-0.39, 0.29) is 18.1 Å². The molecule has 2 N–H and O–H groups in total. The molecule has 27 heavy (non-hydrogen) atoms. The molecule has 2 rings (SSSR count). The lowest BCUT2D eigenvalue weighted by molar-refractivity contribution is -0.141. The van der Waals surface area contributed by atoms with Gasteiger partial charge in [-0.25, -0.2) is 13.2 Å². The minimum atomic E-state index is -3.51. The third-order valence-electron chi connectivity index (χ3n) is 5.06. The van der Waals surface area contributed by atoms with Crippen LogP contribution in [-0.4, -0.2) is 42.9 Å². The molecule has 0 fully saturated rings. The number of sulfone groups is 1. The fourth-order valence-electron chi connectivity index (χ4n) is 3.69. The number of benzene rings is 1. The normalized spacial score (nSPS) is 17.7. The Morgan fingerprint density at radius 1 is 1.26 bits per heavy atom. The zero-order valence-corrected chi connectivity index (χ0v) is 16.6. The maximum atomic E-state index is 12.1. The van der Waals surface area contributed by atoms with Gasteiger partial charge >= 0.3 is 5.97 Å². The molecule has 0 bridgehead atoms. The predicted octanol–water partition coefficient (Wildman–Crippen LogP) is 2.67. The minimum absolute atomic E-state index is 0.0397. The van der Waals surface area contributed by atoms with Crippen molar-refractivity contribution in [3.05, 3.63) is 35.4 Å². The van der Waals surface area contributed by atoms with Gasteiger partial charge in [0.1, 0.15) is 11.8 Å². The lowest BCUT2D eigenvalue weighted by Gasteiger charge is -2.28. The van der Waals surface area contributed by atoms with E-state index in [0.717, 1.165) is 37.7 Å². The second-order valence-corrected chi connectivity index (χ2v) is 9.47. The molecule has 0 saturated heterocycles. The number of amides is 1. The summed E-state index contributed by atoms with van der Waals surface area (Å²) in [6, 6.07) is 6.89. The Morgan fingerprint density at radius 3 is 2.70 bits per heavy atom. The highest BCUT2D eigenvalue weighted by molar-refractivity contribution is 7.92. The second-order valence-electron chi connectivity index (χ2n) is 7.28. The topological polar surface area (TPSA) is 101 Å². The summed E-state index contributed by atoms with van der Waals surface area (Å²) < 4.78 is 24.0. The fourth-order valence-corrected chi connectivity index (χ4v) is 4.96. The molecule has 2 atom stereocenters. The zero-order valence-electron chi connectivity index (χ0n) is 15.8. The zero-order chi connectivity index (χ0) is 19.9. The van der Waals surface area contributed by atoms with Crippen LogP contribution in [0.3, 0.4) is 0 Å². The molecule has 0 aliphatic heterocycles. The molecule has 1 aliphatic rings. The van der Waals surface area contributed by atoms with E-state index in [4.69, 9.17) is 0 Å². The van der Waals surface area contributed by atoms with Crippen molar-refractivity contribution in [2.24, 2.45) is 0 Å². The van der Waals surface area contributed by atoms with Gasteiger partial charge in [0.25, 0.3) is 0 Å². The first-order chi connectivity index (χ1) is 12.8. The first-order valence-electron chi connectivity index (χ1n) is 9.62. The Labute approximate surface area is 161 Å². The quantitative estimate of drug-likeness (QED) is 0.593. The van der Waals surface area contributed by atoms with E-state index in [2.05, 4.69) is 11.4 Å². The molecule has 7 heteroatoms. The van der Waals surface area contributed by atoms with Crippen LogP contribution in [0.4, 0.5) is 0 Å². The van der Waals surface area contributed by atoms with Crippen molar-refractivity contribution < 1.29 is 23.1 Å². The Balaban J connectivity index is 1.98. The van der Waals surface area contributed by atoms with Gasteiger partial charge < -0.3 is 10.4 Å². The highest BCUT2D eigenvalue weighted by Crippen LogP contribution is 2.34. The number of rotatable bonds is 10. The van der Waals surface area contributed by atoms with Crippen LogP contribution in [0, 0.1) is 0 Å². The number of unbranched alkanes of at least 4 members (excludes halogenated alkanes) is 2. The smallest absolute Gasteiger partial charge is 0.326 e. The maximum Gasteiger partial charge on any atom is 0.326 e. The molecule has 0 aromatic heterocycles.